The quantitative estimate of drug-likeness (QED) is 0.831. The lowest BCUT2D eigenvalue weighted by Gasteiger charge is -2.20. The summed E-state index contributed by atoms with van der Waals surface area (Å²) in [6, 6.07) is 5.62. The summed E-state index contributed by atoms with van der Waals surface area (Å²) in [7, 11) is 0. The maximum Gasteiger partial charge on any atom is 0.412 e. The largest absolute Gasteiger partial charge is 0.444 e. The van der Waals surface area contributed by atoms with Gasteiger partial charge in [0.1, 0.15) is 11.9 Å². The van der Waals surface area contributed by atoms with Crippen LogP contribution in [0.15, 0.2) is 18.2 Å². The molecule has 4 heteroatoms. The maximum atomic E-state index is 11.6. The molecule has 1 aromatic rings. The maximum absolute atomic E-state index is 11.6. The topological polar surface area (TPSA) is 55.4 Å². The third-order valence-corrected chi connectivity index (χ3v) is 2.53. The number of aldehydes is 1. The summed E-state index contributed by atoms with van der Waals surface area (Å²) >= 11 is 0. The Morgan fingerprint density at radius 3 is 2.43 bits per heavy atom. The number of carbonyl (C=O) groups excluding carboxylic acids is 2. The SMILES string of the molecule is CC.Cc1ccc(NC(=O)OC(C)(C)C)cc1CCC=O. The normalized spacial score (nSPS) is 10.2. The molecule has 0 aliphatic carbocycles. The standard InChI is InChI=1S/C15H21NO3.C2H6/c1-11-7-8-13(10-12(11)6-5-9-17)16-14(18)19-15(2,3)4;1-2/h7-10H,5-6H2,1-4H3,(H,16,18);1-2H3. The van der Waals surface area contributed by atoms with Gasteiger partial charge in [-0.2, -0.15) is 0 Å². The van der Waals surface area contributed by atoms with Crippen molar-refractivity contribution in [3.63, 3.8) is 0 Å². The molecule has 1 amide bonds. The second kappa shape index (κ2) is 9.16. The number of nitrogens with one attached hydrogen (secondary N) is 1. The van der Waals surface area contributed by atoms with Gasteiger partial charge in [0.15, 0.2) is 0 Å². The minimum Gasteiger partial charge on any atom is -0.444 e. The van der Waals surface area contributed by atoms with Gasteiger partial charge in [0.05, 0.1) is 0 Å². The molecule has 0 unspecified atom stereocenters. The Morgan fingerprint density at radius 1 is 1.29 bits per heavy atom. The Hall–Kier alpha value is -1.84. The molecule has 0 spiro atoms. The highest BCUT2D eigenvalue weighted by Gasteiger charge is 2.16. The van der Waals surface area contributed by atoms with Gasteiger partial charge >= 0.3 is 6.09 Å². The average molecular weight is 293 g/mol. The summed E-state index contributed by atoms with van der Waals surface area (Å²) in [6.07, 6.45) is 1.58. The second-order valence-electron chi connectivity index (χ2n) is 5.47. The van der Waals surface area contributed by atoms with Gasteiger partial charge in [-0.3, -0.25) is 5.32 Å². The molecule has 1 rings (SSSR count). The zero-order valence-corrected chi connectivity index (χ0v) is 13.9. The molecule has 0 aliphatic heterocycles. The van der Waals surface area contributed by atoms with Crippen LogP contribution in [0.25, 0.3) is 0 Å². The lowest BCUT2D eigenvalue weighted by molar-refractivity contribution is -0.107. The lowest BCUT2D eigenvalue weighted by atomic mass is 10.0. The predicted octanol–water partition coefficient (Wildman–Crippen LogP) is 4.50. The monoisotopic (exact) mass is 293 g/mol. The molecule has 0 radical (unpaired) electrons. The highest BCUT2D eigenvalue weighted by molar-refractivity contribution is 5.85. The van der Waals surface area contributed by atoms with Crippen molar-refractivity contribution >= 4 is 18.1 Å². The van der Waals surface area contributed by atoms with Crippen molar-refractivity contribution in [2.45, 2.75) is 60.0 Å². The molecule has 0 aromatic heterocycles. The summed E-state index contributed by atoms with van der Waals surface area (Å²) in [5, 5.41) is 2.69. The van der Waals surface area contributed by atoms with Crippen LogP contribution in [0.1, 0.15) is 52.2 Å². The van der Waals surface area contributed by atoms with E-state index in [4.69, 9.17) is 4.74 Å². The lowest BCUT2D eigenvalue weighted by Crippen LogP contribution is -2.27. The number of ether oxygens (including phenoxy) is 1. The van der Waals surface area contributed by atoms with Crippen molar-refractivity contribution in [3.8, 4) is 0 Å². The van der Waals surface area contributed by atoms with Gasteiger partial charge in [-0.1, -0.05) is 19.9 Å². The van der Waals surface area contributed by atoms with Crippen LogP contribution in [0.2, 0.25) is 0 Å². The molecule has 1 N–H and O–H groups in total. The first kappa shape index (κ1) is 19.2. The van der Waals surface area contributed by atoms with Gasteiger partial charge in [0, 0.05) is 12.1 Å². The zero-order chi connectivity index (χ0) is 16.5. The fourth-order valence-corrected chi connectivity index (χ4v) is 1.65. The van der Waals surface area contributed by atoms with E-state index >= 15 is 0 Å². The van der Waals surface area contributed by atoms with Crippen LogP contribution in [0.3, 0.4) is 0 Å². The molecule has 4 nitrogen and oxygen atoms in total. The van der Waals surface area contributed by atoms with Gasteiger partial charge in [-0.15, -0.1) is 0 Å². The van der Waals surface area contributed by atoms with Crippen LogP contribution in [-0.2, 0) is 16.0 Å². The Bertz CT molecular complexity index is 462. The fraction of sp³-hybridized carbons (Fsp3) is 0.529. The van der Waals surface area contributed by atoms with E-state index in [9.17, 15) is 9.59 Å². The third-order valence-electron chi connectivity index (χ3n) is 2.53. The van der Waals surface area contributed by atoms with E-state index in [2.05, 4.69) is 5.32 Å². The number of benzene rings is 1. The number of amides is 1. The first-order chi connectivity index (χ1) is 9.81. The van der Waals surface area contributed by atoms with Gasteiger partial charge in [-0.25, -0.2) is 4.79 Å². The van der Waals surface area contributed by atoms with Crippen LogP contribution < -0.4 is 5.32 Å². The number of aryl methyl sites for hydroxylation is 2. The number of rotatable bonds is 4. The van der Waals surface area contributed by atoms with E-state index in [0.717, 1.165) is 17.4 Å². The Labute approximate surface area is 127 Å². The summed E-state index contributed by atoms with van der Waals surface area (Å²) in [5.41, 5.74) is 2.33. The van der Waals surface area contributed by atoms with Crippen LogP contribution in [0.5, 0.6) is 0 Å². The van der Waals surface area contributed by atoms with Gasteiger partial charge < -0.3 is 9.53 Å². The molecule has 1 aromatic carbocycles. The third kappa shape index (κ3) is 8.12. The molecule has 0 bridgehead atoms. The second-order valence-corrected chi connectivity index (χ2v) is 5.47. The van der Waals surface area contributed by atoms with Crippen molar-refractivity contribution in [2.24, 2.45) is 0 Å². The Morgan fingerprint density at radius 2 is 1.90 bits per heavy atom. The smallest absolute Gasteiger partial charge is 0.412 e. The summed E-state index contributed by atoms with van der Waals surface area (Å²) in [6.45, 7) is 11.4. The summed E-state index contributed by atoms with van der Waals surface area (Å²) < 4.78 is 5.19. The van der Waals surface area contributed by atoms with Gasteiger partial charge in [0.2, 0.25) is 0 Å². The Kier molecular flexibility index (Phi) is 8.36. The zero-order valence-electron chi connectivity index (χ0n) is 13.9. The van der Waals surface area contributed by atoms with E-state index in [1.165, 1.54) is 0 Å². The van der Waals surface area contributed by atoms with E-state index in [1.807, 2.05) is 59.7 Å². The number of hydrogen-bond donors (Lipinski definition) is 1. The van der Waals surface area contributed by atoms with Crippen molar-refractivity contribution in [2.75, 3.05) is 5.32 Å². The highest BCUT2D eigenvalue weighted by Crippen LogP contribution is 2.18. The van der Waals surface area contributed by atoms with E-state index in [-0.39, 0.29) is 0 Å². The Balaban J connectivity index is 0.00000191. The van der Waals surface area contributed by atoms with Crippen LogP contribution in [-0.4, -0.2) is 18.0 Å². The summed E-state index contributed by atoms with van der Waals surface area (Å²) in [5.74, 6) is 0. The van der Waals surface area contributed by atoms with Crippen molar-refractivity contribution in [1.82, 2.24) is 0 Å². The van der Waals surface area contributed by atoms with E-state index < -0.39 is 11.7 Å². The number of carbonyl (C=O) groups is 2. The molecule has 0 fully saturated rings. The molecule has 21 heavy (non-hydrogen) atoms. The molecule has 0 heterocycles. The predicted molar refractivity (Wildman–Crippen MR) is 86.8 cm³/mol. The molecule has 0 atom stereocenters. The first-order valence-corrected chi connectivity index (χ1v) is 7.35. The van der Waals surface area contributed by atoms with Crippen molar-refractivity contribution in [3.05, 3.63) is 29.3 Å². The molecule has 0 saturated carbocycles. The van der Waals surface area contributed by atoms with Gasteiger partial charge in [-0.05, 0) is 57.4 Å². The van der Waals surface area contributed by atoms with E-state index in [1.54, 1.807) is 0 Å². The minimum absolute atomic E-state index is 0.474. The van der Waals surface area contributed by atoms with E-state index in [0.29, 0.717) is 18.5 Å². The first-order valence-electron chi connectivity index (χ1n) is 7.35. The fourth-order valence-electron chi connectivity index (χ4n) is 1.65. The highest BCUT2D eigenvalue weighted by atomic mass is 16.6. The number of hydrogen-bond acceptors (Lipinski definition) is 3. The van der Waals surface area contributed by atoms with Crippen molar-refractivity contribution < 1.29 is 14.3 Å². The van der Waals surface area contributed by atoms with Crippen LogP contribution in [0, 0.1) is 6.92 Å². The molecular formula is C17H27NO3. The van der Waals surface area contributed by atoms with Crippen molar-refractivity contribution in [1.29, 1.82) is 0 Å². The van der Waals surface area contributed by atoms with Gasteiger partial charge in [0.25, 0.3) is 0 Å². The van der Waals surface area contributed by atoms with Crippen LogP contribution in [0.4, 0.5) is 10.5 Å². The molecule has 0 aliphatic rings. The van der Waals surface area contributed by atoms with Crippen LogP contribution >= 0.6 is 0 Å². The summed E-state index contributed by atoms with van der Waals surface area (Å²) in [4.78, 5) is 22.1. The minimum atomic E-state index is -0.519. The molecule has 0 saturated heterocycles. The average Bonchev–Trinajstić information content (AvgIpc) is 2.39. The molecule has 118 valence electrons. The molecular weight excluding hydrogens is 266 g/mol. The number of anilines is 1.